The number of benzene rings is 1. The topological polar surface area (TPSA) is 71.5 Å². The fourth-order valence-corrected chi connectivity index (χ4v) is 3.90. The molecule has 1 aliphatic rings. The van der Waals surface area contributed by atoms with Crippen molar-refractivity contribution in [3.8, 4) is 0 Å². The molecular weight excluding hydrogens is 266 g/mol. The molecule has 2 rings (SSSR count). The van der Waals surface area contributed by atoms with Crippen molar-refractivity contribution in [2.45, 2.75) is 6.42 Å². The van der Waals surface area contributed by atoms with Crippen LogP contribution in [0.15, 0.2) is 24.3 Å². The molecule has 5 nitrogen and oxygen atoms in total. The molecule has 1 heterocycles. The third-order valence-electron chi connectivity index (χ3n) is 3.32. The Labute approximate surface area is 112 Å². The Kier molecular flexibility index (Phi) is 3.71. The third-order valence-corrected chi connectivity index (χ3v) is 5.09. The van der Waals surface area contributed by atoms with Gasteiger partial charge in [0.05, 0.1) is 11.5 Å². The Morgan fingerprint density at radius 3 is 2.42 bits per heavy atom. The summed E-state index contributed by atoms with van der Waals surface area (Å²) in [5.41, 5.74) is 1.18. The van der Waals surface area contributed by atoms with E-state index >= 15 is 0 Å². The van der Waals surface area contributed by atoms with Crippen LogP contribution < -0.4 is 4.90 Å². The number of anilines is 1. The van der Waals surface area contributed by atoms with Crippen molar-refractivity contribution in [1.29, 1.82) is 0 Å². The molecule has 0 spiro atoms. The van der Waals surface area contributed by atoms with E-state index in [9.17, 15) is 18.0 Å². The highest BCUT2D eigenvalue weighted by Crippen LogP contribution is 2.23. The van der Waals surface area contributed by atoms with Crippen molar-refractivity contribution in [3.05, 3.63) is 29.8 Å². The summed E-state index contributed by atoms with van der Waals surface area (Å²) >= 11 is 0. The van der Waals surface area contributed by atoms with Gasteiger partial charge in [-0.15, -0.1) is 0 Å². The Bertz CT molecular complexity index is 592. The number of carbonyl (C=O) groups is 2. The molecule has 1 unspecified atom stereocenters. The summed E-state index contributed by atoms with van der Waals surface area (Å²) in [6.07, 6.45) is 1.08. The van der Waals surface area contributed by atoms with Gasteiger partial charge in [0.25, 0.3) is 0 Å². The second-order valence-electron chi connectivity index (χ2n) is 4.73. The lowest BCUT2D eigenvalue weighted by Crippen LogP contribution is -2.17. The molecule has 0 radical (unpaired) electrons. The van der Waals surface area contributed by atoms with Crippen molar-refractivity contribution >= 4 is 27.7 Å². The summed E-state index contributed by atoms with van der Waals surface area (Å²) < 4.78 is 22.7. The van der Waals surface area contributed by atoms with Crippen LogP contribution in [0.1, 0.15) is 16.8 Å². The molecule has 0 N–H and O–H groups in total. The average Bonchev–Trinajstić information content (AvgIpc) is 2.77. The van der Waals surface area contributed by atoms with Crippen LogP contribution in [-0.4, -0.2) is 39.2 Å². The molecule has 102 valence electrons. The van der Waals surface area contributed by atoms with Crippen molar-refractivity contribution in [2.75, 3.05) is 23.5 Å². The molecule has 1 amide bonds. The van der Waals surface area contributed by atoms with Crippen molar-refractivity contribution < 1.29 is 18.0 Å². The zero-order chi connectivity index (χ0) is 14.0. The monoisotopic (exact) mass is 281 g/mol. The van der Waals surface area contributed by atoms with E-state index in [0.717, 1.165) is 0 Å². The van der Waals surface area contributed by atoms with Crippen LogP contribution in [0.5, 0.6) is 0 Å². The molecule has 0 bridgehead atoms. The van der Waals surface area contributed by atoms with Crippen molar-refractivity contribution in [2.24, 2.45) is 5.92 Å². The maximum absolute atomic E-state index is 12.1. The summed E-state index contributed by atoms with van der Waals surface area (Å²) in [6, 6.07) is 6.60. The molecule has 0 aromatic heterocycles. The third kappa shape index (κ3) is 3.01. The summed E-state index contributed by atoms with van der Waals surface area (Å²) in [4.78, 5) is 24.1. The van der Waals surface area contributed by atoms with E-state index in [2.05, 4.69) is 0 Å². The van der Waals surface area contributed by atoms with Gasteiger partial charge in [-0.3, -0.25) is 9.59 Å². The number of hydrogen-bond donors (Lipinski definition) is 0. The molecule has 0 aliphatic carbocycles. The van der Waals surface area contributed by atoms with E-state index in [-0.39, 0.29) is 17.3 Å². The van der Waals surface area contributed by atoms with Gasteiger partial charge in [-0.2, -0.15) is 0 Å². The lowest BCUT2D eigenvalue weighted by Gasteiger charge is -2.12. The summed E-state index contributed by atoms with van der Waals surface area (Å²) in [5, 5.41) is 0. The zero-order valence-corrected chi connectivity index (χ0v) is 11.4. The van der Waals surface area contributed by atoms with Gasteiger partial charge >= 0.3 is 0 Å². The summed E-state index contributed by atoms with van der Waals surface area (Å²) in [7, 11) is -1.43. The first kappa shape index (κ1) is 13.7. The molecule has 1 atom stereocenters. The van der Waals surface area contributed by atoms with Crippen molar-refractivity contribution in [3.63, 3.8) is 0 Å². The molecule has 6 heteroatoms. The fourth-order valence-electron chi connectivity index (χ4n) is 2.16. The highest BCUT2D eigenvalue weighted by molar-refractivity contribution is 7.91. The number of carbonyl (C=O) groups excluding carboxylic acids is 2. The van der Waals surface area contributed by atoms with Gasteiger partial charge in [0.2, 0.25) is 6.41 Å². The quantitative estimate of drug-likeness (QED) is 0.607. The van der Waals surface area contributed by atoms with E-state index in [1.165, 1.54) is 4.90 Å². The first-order valence-electron chi connectivity index (χ1n) is 5.96. The number of amides is 1. The van der Waals surface area contributed by atoms with Gasteiger partial charge in [0.1, 0.15) is 0 Å². The minimum atomic E-state index is -3.05. The standard InChI is InChI=1S/C13H15NO4S/c1-14(9-15)12-4-2-10(3-5-12)13(16)11-6-7-19(17,18)8-11/h2-5,9,11H,6-8H2,1H3. The zero-order valence-electron chi connectivity index (χ0n) is 10.6. The number of nitrogens with zero attached hydrogens (tertiary/aromatic N) is 1. The van der Waals surface area contributed by atoms with Gasteiger partial charge in [-0.05, 0) is 30.7 Å². The molecule has 1 saturated heterocycles. The van der Waals surface area contributed by atoms with Crippen LogP contribution in [-0.2, 0) is 14.6 Å². The molecule has 19 heavy (non-hydrogen) atoms. The normalized spacial score (nSPS) is 21.0. The highest BCUT2D eigenvalue weighted by Gasteiger charge is 2.33. The van der Waals surface area contributed by atoms with Crippen LogP contribution in [0.3, 0.4) is 0 Å². The van der Waals surface area contributed by atoms with Crippen LogP contribution >= 0.6 is 0 Å². The predicted molar refractivity (Wildman–Crippen MR) is 72.0 cm³/mol. The second kappa shape index (κ2) is 5.13. The molecule has 1 aromatic rings. The highest BCUT2D eigenvalue weighted by atomic mass is 32.2. The minimum absolute atomic E-state index is 0.0537. The lowest BCUT2D eigenvalue weighted by molar-refractivity contribution is -0.107. The number of sulfone groups is 1. The maximum Gasteiger partial charge on any atom is 0.213 e. The average molecular weight is 281 g/mol. The molecule has 1 aliphatic heterocycles. The Balaban J connectivity index is 2.14. The van der Waals surface area contributed by atoms with Gasteiger partial charge in [-0.1, -0.05) is 0 Å². The van der Waals surface area contributed by atoms with Gasteiger partial charge in [-0.25, -0.2) is 8.42 Å². The molecule has 1 aromatic carbocycles. The Hall–Kier alpha value is -1.69. The van der Waals surface area contributed by atoms with Gasteiger partial charge in [0.15, 0.2) is 15.6 Å². The number of Topliss-reactive ketones (excluding diaryl/α,β-unsaturated/α-hetero) is 1. The fraction of sp³-hybridized carbons (Fsp3) is 0.385. The Morgan fingerprint density at radius 1 is 1.32 bits per heavy atom. The van der Waals surface area contributed by atoms with Gasteiger partial charge < -0.3 is 4.90 Å². The minimum Gasteiger partial charge on any atom is -0.318 e. The van der Waals surface area contributed by atoms with E-state index in [1.54, 1.807) is 31.3 Å². The molecule has 1 fully saturated rings. The van der Waals surface area contributed by atoms with E-state index in [0.29, 0.717) is 24.1 Å². The van der Waals surface area contributed by atoms with E-state index in [1.807, 2.05) is 0 Å². The summed E-state index contributed by atoms with van der Waals surface area (Å²) in [6.45, 7) is 0. The first-order valence-corrected chi connectivity index (χ1v) is 7.78. The SMILES string of the molecule is CN(C=O)c1ccc(C(=O)C2CCS(=O)(=O)C2)cc1. The summed E-state index contributed by atoms with van der Waals surface area (Å²) in [5.74, 6) is -0.530. The van der Waals surface area contributed by atoms with Crippen molar-refractivity contribution in [1.82, 2.24) is 0 Å². The smallest absolute Gasteiger partial charge is 0.213 e. The molecule has 0 saturated carbocycles. The van der Waals surface area contributed by atoms with Gasteiger partial charge in [0, 0.05) is 24.2 Å². The predicted octanol–water partition coefficient (Wildman–Crippen LogP) is 0.897. The Morgan fingerprint density at radius 2 is 1.95 bits per heavy atom. The maximum atomic E-state index is 12.1. The second-order valence-corrected chi connectivity index (χ2v) is 6.96. The van der Waals surface area contributed by atoms with Crippen LogP contribution in [0.25, 0.3) is 0 Å². The first-order chi connectivity index (χ1) is 8.93. The molecular formula is C13H15NO4S. The largest absolute Gasteiger partial charge is 0.318 e. The van der Waals surface area contributed by atoms with E-state index < -0.39 is 15.8 Å². The number of rotatable bonds is 4. The number of ketones is 1. The van der Waals surface area contributed by atoms with Crippen LogP contribution in [0.4, 0.5) is 5.69 Å². The lowest BCUT2D eigenvalue weighted by atomic mass is 9.97. The number of hydrogen-bond acceptors (Lipinski definition) is 4. The van der Waals surface area contributed by atoms with Crippen LogP contribution in [0.2, 0.25) is 0 Å². The van der Waals surface area contributed by atoms with E-state index in [4.69, 9.17) is 0 Å². The van der Waals surface area contributed by atoms with Crippen LogP contribution in [0, 0.1) is 5.92 Å².